The molecule has 0 unspecified atom stereocenters. The Balaban J connectivity index is 1.02. The largest absolute Gasteiger partial charge is 0.486 e. The molecule has 1 aromatic carbocycles. The highest BCUT2D eigenvalue weighted by Crippen LogP contribution is 2.25. The van der Waals surface area contributed by atoms with Gasteiger partial charge in [-0.3, -0.25) is 14.5 Å². The maximum absolute atomic E-state index is 13.3. The van der Waals surface area contributed by atoms with Gasteiger partial charge in [-0.1, -0.05) is 6.07 Å². The molecule has 234 valence electrons. The number of likely N-dealkylation sites (tertiary alicyclic amines) is 1. The minimum Gasteiger partial charge on any atom is -0.486 e. The number of amides is 1. The Labute approximate surface area is 256 Å². The Morgan fingerprint density at radius 3 is 2.75 bits per heavy atom. The number of hydrogen-bond donors (Lipinski definition) is 2. The lowest BCUT2D eigenvalue weighted by Crippen LogP contribution is -2.56. The first-order chi connectivity index (χ1) is 21.4. The van der Waals surface area contributed by atoms with Gasteiger partial charge in [0.2, 0.25) is 11.9 Å². The maximum Gasteiger partial charge on any atom is 0.228 e. The average molecular weight is 606 g/mol. The summed E-state index contributed by atoms with van der Waals surface area (Å²) in [6.45, 7) is 7.56. The predicted molar refractivity (Wildman–Crippen MR) is 161 cm³/mol. The highest BCUT2D eigenvalue weighted by atomic mass is 16.5. The van der Waals surface area contributed by atoms with Crippen molar-refractivity contribution >= 4 is 23.5 Å². The van der Waals surface area contributed by atoms with E-state index in [2.05, 4.69) is 37.3 Å². The molecule has 13 heteroatoms. The number of aliphatic hydroxyl groups is 1. The quantitative estimate of drug-likeness (QED) is 0.291. The summed E-state index contributed by atoms with van der Waals surface area (Å²) in [5.41, 5.74) is 2.77. The van der Waals surface area contributed by atoms with Crippen molar-refractivity contribution in [1.29, 1.82) is 0 Å². The van der Waals surface area contributed by atoms with Gasteiger partial charge in [-0.15, -0.1) is 0 Å². The average Bonchev–Trinajstić information content (AvgIpc) is 3.54. The summed E-state index contributed by atoms with van der Waals surface area (Å²) in [5.74, 6) is 2.43. The molecule has 3 aromatic rings. The van der Waals surface area contributed by atoms with Crippen molar-refractivity contribution in [3.63, 3.8) is 0 Å². The van der Waals surface area contributed by atoms with Crippen LogP contribution in [0.15, 0.2) is 41.3 Å². The number of aromatic nitrogens is 3. The Kier molecular flexibility index (Phi) is 9.34. The van der Waals surface area contributed by atoms with Gasteiger partial charge < -0.3 is 34.1 Å². The SMILES string of the molecule is CC(=O)N1CC(Nc2cc(C(=O)CC[C@H](O)CN3CCc4cc(OCc5cnco5)ccc4C3)nc(N3CCOCC3)n2)C1. The molecular formula is C31H39N7O6. The van der Waals surface area contributed by atoms with Gasteiger partial charge >= 0.3 is 0 Å². The van der Waals surface area contributed by atoms with Gasteiger partial charge in [0, 0.05) is 65.2 Å². The van der Waals surface area contributed by atoms with Crippen LogP contribution in [-0.4, -0.2) is 106 Å². The van der Waals surface area contributed by atoms with E-state index >= 15 is 0 Å². The Morgan fingerprint density at radius 1 is 1.14 bits per heavy atom. The summed E-state index contributed by atoms with van der Waals surface area (Å²) < 4.78 is 16.5. The van der Waals surface area contributed by atoms with Gasteiger partial charge in [0.25, 0.3) is 0 Å². The van der Waals surface area contributed by atoms with E-state index in [-0.39, 0.29) is 24.2 Å². The summed E-state index contributed by atoms with van der Waals surface area (Å²) in [4.78, 5) is 44.1. The number of Topliss-reactive ketones (excluding diaryl/α,β-unsaturated/α-hetero) is 1. The molecule has 0 aliphatic carbocycles. The van der Waals surface area contributed by atoms with Crippen LogP contribution in [0.3, 0.4) is 0 Å². The van der Waals surface area contributed by atoms with Gasteiger partial charge in [-0.25, -0.2) is 9.97 Å². The third kappa shape index (κ3) is 7.52. The van der Waals surface area contributed by atoms with Crippen LogP contribution >= 0.6 is 0 Å². The number of carbonyl (C=O) groups is 2. The van der Waals surface area contributed by atoms with Crippen LogP contribution in [0.4, 0.5) is 11.8 Å². The number of morpholine rings is 1. The lowest BCUT2D eigenvalue weighted by atomic mass is 9.98. The van der Waals surface area contributed by atoms with E-state index in [9.17, 15) is 14.7 Å². The number of aliphatic hydroxyl groups excluding tert-OH is 1. The van der Waals surface area contributed by atoms with Crippen molar-refractivity contribution in [1.82, 2.24) is 24.8 Å². The molecule has 2 saturated heterocycles. The monoisotopic (exact) mass is 605 g/mol. The third-order valence-corrected chi connectivity index (χ3v) is 8.28. The molecule has 1 amide bonds. The molecule has 2 aromatic heterocycles. The zero-order chi connectivity index (χ0) is 30.5. The molecule has 0 saturated carbocycles. The summed E-state index contributed by atoms with van der Waals surface area (Å²) >= 11 is 0. The fraction of sp³-hybridized carbons (Fsp3) is 0.516. The van der Waals surface area contributed by atoms with E-state index in [0.29, 0.717) is 82.2 Å². The topological polar surface area (TPSA) is 146 Å². The molecule has 5 heterocycles. The molecule has 2 N–H and O–H groups in total. The molecule has 3 aliphatic heterocycles. The van der Waals surface area contributed by atoms with E-state index in [1.165, 1.54) is 17.5 Å². The van der Waals surface area contributed by atoms with Gasteiger partial charge in [0.1, 0.15) is 23.9 Å². The van der Waals surface area contributed by atoms with Crippen LogP contribution in [0.25, 0.3) is 0 Å². The second kappa shape index (κ2) is 13.7. The molecule has 0 bridgehead atoms. The second-order valence-corrected chi connectivity index (χ2v) is 11.6. The van der Waals surface area contributed by atoms with Crippen LogP contribution in [0.5, 0.6) is 5.75 Å². The first kappa shape index (κ1) is 30.0. The first-order valence-corrected chi connectivity index (χ1v) is 15.2. The van der Waals surface area contributed by atoms with E-state index in [0.717, 1.165) is 25.3 Å². The van der Waals surface area contributed by atoms with E-state index in [1.807, 2.05) is 11.0 Å². The number of nitrogens with zero attached hydrogens (tertiary/aromatic N) is 6. The van der Waals surface area contributed by atoms with Crippen LogP contribution in [-0.2, 0) is 29.1 Å². The molecule has 1 atom stereocenters. The fourth-order valence-electron chi connectivity index (χ4n) is 5.71. The molecular weight excluding hydrogens is 566 g/mol. The Morgan fingerprint density at radius 2 is 1.98 bits per heavy atom. The maximum atomic E-state index is 13.3. The minimum absolute atomic E-state index is 0.0434. The smallest absolute Gasteiger partial charge is 0.228 e. The molecule has 0 radical (unpaired) electrons. The molecule has 13 nitrogen and oxygen atoms in total. The number of rotatable bonds is 12. The lowest BCUT2D eigenvalue weighted by molar-refractivity contribution is -0.132. The first-order valence-electron chi connectivity index (χ1n) is 15.2. The van der Waals surface area contributed by atoms with Gasteiger partial charge in [0.05, 0.1) is 31.6 Å². The second-order valence-electron chi connectivity index (χ2n) is 11.6. The van der Waals surface area contributed by atoms with Crippen LogP contribution in [0.1, 0.15) is 47.1 Å². The normalized spacial score (nSPS) is 18.0. The minimum atomic E-state index is -0.643. The molecule has 0 spiro atoms. The highest BCUT2D eigenvalue weighted by molar-refractivity contribution is 5.95. The number of ether oxygens (including phenoxy) is 2. The number of fused-ring (bicyclic) bond motifs is 1. The molecule has 2 fully saturated rings. The lowest BCUT2D eigenvalue weighted by Gasteiger charge is -2.39. The Bertz CT molecular complexity index is 1440. The van der Waals surface area contributed by atoms with Crippen molar-refractivity contribution in [2.45, 2.75) is 51.5 Å². The van der Waals surface area contributed by atoms with Crippen LogP contribution < -0.4 is 15.0 Å². The fourth-order valence-corrected chi connectivity index (χ4v) is 5.71. The number of anilines is 2. The van der Waals surface area contributed by atoms with Gasteiger partial charge in [-0.2, -0.15) is 4.98 Å². The molecule has 3 aliphatic rings. The summed E-state index contributed by atoms with van der Waals surface area (Å²) in [5, 5.41) is 14.2. The third-order valence-electron chi connectivity index (χ3n) is 8.28. The number of nitrogens with one attached hydrogen (secondary N) is 1. The van der Waals surface area contributed by atoms with Crippen molar-refractivity contribution < 1.29 is 28.6 Å². The number of β-amino-alcohol motifs (C(OH)–C–C–N with tert-alkyl or cyclic N) is 1. The van der Waals surface area contributed by atoms with E-state index in [4.69, 9.17) is 13.9 Å². The zero-order valence-electron chi connectivity index (χ0n) is 25.0. The predicted octanol–water partition coefficient (Wildman–Crippen LogP) is 1.90. The van der Waals surface area contributed by atoms with E-state index in [1.54, 1.807) is 24.1 Å². The number of oxazole rings is 1. The van der Waals surface area contributed by atoms with Crippen LogP contribution in [0, 0.1) is 0 Å². The number of ketones is 1. The summed E-state index contributed by atoms with van der Waals surface area (Å²) in [7, 11) is 0. The van der Waals surface area contributed by atoms with Gasteiger partial charge in [0.15, 0.2) is 17.9 Å². The standard InChI is InChI=1S/C31H39N7O6/c1-21(39)38-16-24(17-38)33-30-13-28(34-31(35-30)37-8-10-42-11-9-37)29(41)5-3-25(40)18-36-7-6-22-12-26(4-2-23(22)15-36)43-19-27-14-32-20-44-27/h2,4,12-14,20,24-25,40H,3,5-11,15-19H2,1H3,(H,33,34,35)/t25-/m0/s1. The molecule has 44 heavy (non-hydrogen) atoms. The summed E-state index contributed by atoms with van der Waals surface area (Å²) in [6.07, 6.45) is 3.76. The van der Waals surface area contributed by atoms with Crippen LogP contribution in [0.2, 0.25) is 0 Å². The number of hydrogen-bond acceptors (Lipinski definition) is 12. The van der Waals surface area contributed by atoms with Crippen molar-refractivity contribution in [2.24, 2.45) is 0 Å². The zero-order valence-corrected chi connectivity index (χ0v) is 25.0. The van der Waals surface area contributed by atoms with Crippen molar-refractivity contribution in [3.8, 4) is 5.75 Å². The van der Waals surface area contributed by atoms with Crippen molar-refractivity contribution in [2.75, 3.05) is 62.7 Å². The van der Waals surface area contributed by atoms with Crippen molar-refractivity contribution in [3.05, 3.63) is 59.4 Å². The summed E-state index contributed by atoms with van der Waals surface area (Å²) in [6, 6.07) is 7.84. The Hall–Kier alpha value is -4.07. The molecule has 6 rings (SSSR count). The van der Waals surface area contributed by atoms with E-state index < -0.39 is 6.10 Å². The number of benzene rings is 1. The number of carbonyl (C=O) groups excluding carboxylic acids is 2. The van der Waals surface area contributed by atoms with Gasteiger partial charge in [-0.05, 0) is 36.1 Å². The highest BCUT2D eigenvalue weighted by Gasteiger charge is 2.29.